The van der Waals surface area contributed by atoms with E-state index in [0.717, 1.165) is 31.2 Å². The van der Waals surface area contributed by atoms with Gasteiger partial charge < -0.3 is 15.0 Å². The van der Waals surface area contributed by atoms with Crippen LogP contribution in [0, 0.1) is 5.82 Å². The van der Waals surface area contributed by atoms with Gasteiger partial charge in [-0.05, 0) is 61.6 Å². The first-order valence-corrected chi connectivity index (χ1v) is 10.6. The lowest BCUT2D eigenvalue weighted by atomic mass is 10.1. The molecule has 2 aromatic carbocycles. The molecule has 2 saturated carbocycles. The molecule has 0 saturated heterocycles. The van der Waals surface area contributed by atoms with Crippen LogP contribution in [0.2, 0.25) is 0 Å². The Morgan fingerprint density at radius 2 is 1.83 bits per heavy atom. The van der Waals surface area contributed by atoms with Gasteiger partial charge in [0.15, 0.2) is 18.2 Å². The summed E-state index contributed by atoms with van der Waals surface area (Å²) < 4.78 is 19.9. The second-order valence-electron chi connectivity index (χ2n) is 7.56. The zero-order chi connectivity index (χ0) is 20.4. The Morgan fingerprint density at radius 1 is 1.10 bits per heavy atom. The number of carbonyl (C=O) groups is 2. The van der Waals surface area contributed by atoms with Crippen LogP contribution < -0.4 is 10.1 Å². The van der Waals surface area contributed by atoms with E-state index in [1.54, 1.807) is 23.1 Å². The van der Waals surface area contributed by atoms with Gasteiger partial charge in [-0.1, -0.05) is 28.1 Å². The summed E-state index contributed by atoms with van der Waals surface area (Å²) in [4.78, 5) is 26.6. The van der Waals surface area contributed by atoms with Gasteiger partial charge in [0.2, 0.25) is 0 Å². The Labute approximate surface area is 177 Å². The molecule has 2 aliphatic carbocycles. The van der Waals surface area contributed by atoms with Crippen molar-refractivity contribution < 1.29 is 18.7 Å². The van der Waals surface area contributed by atoms with Gasteiger partial charge in [0.25, 0.3) is 11.8 Å². The molecule has 152 valence electrons. The Balaban J connectivity index is 1.36. The predicted octanol–water partition coefficient (Wildman–Crippen LogP) is 4.05. The Bertz CT molecular complexity index is 911. The molecule has 2 amide bonds. The summed E-state index contributed by atoms with van der Waals surface area (Å²) in [6.07, 6.45) is 4.02. The first-order valence-electron chi connectivity index (χ1n) is 9.77. The van der Waals surface area contributed by atoms with E-state index in [1.807, 2.05) is 12.1 Å². The first kappa shape index (κ1) is 19.9. The number of amides is 2. The van der Waals surface area contributed by atoms with Gasteiger partial charge in [-0.25, -0.2) is 4.39 Å². The van der Waals surface area contributed by atoms with E-state index in [0.29, 0.717) is 22.6 Å². The maximum Gasteiger partial charge on any atom is 0.261 e. The van der Waals surface area contributed by atoms with Crippen molar-refractivity contribution in [3.63, 3.8) is 0 Å². The molecule has 29 heavy (non-hydrogen) atoms. The number of hydrogen-bond acceptors (Lipinski definition) is 3. The van der Waals surface area contributed by atoms with Gasteiger partial charge in [0.1, 0.15) is 0 Å². The molecule has 0 aromatic heterocycles. The Morgan fingerprint density at radius 3 is 2.45 bits per heavy atom. The van der Waals surface area contributed by atoms with Gasteiger partial charge in [0.05, 0.1) is 0 Å². The van der Waals surface area contributed by atoms with E-state index < -0.39 is 5.82 Å². The largest absolute Gasteiger partial charge is 0.481 e. The summed E-state index contributed by atoms with van der Waals surface area (Å²) in [5, 5.41) is 2.96. The summed E-state index contributed by atoms with van der Waals surface area (Å²) in [6.45, 7) is 0.233. The number of carbonyl (C=O) groups excluding carboxylic acids is 2. The first-order chi connectivity index (χ1) is 14.0. The summed E-state index contributed by atoms with van der Waals surface area (Å²) in [5.74, 6) is -0.682. The molecule has 0 aliphatic heterocycles. The fourth-order valence-corrected chi connectivity index (χ4v) is 3.41. The van der Waals surface area contributed by atoms with Crippen molar-refractivity contribution in [3.8, 4) is 5.75 Å². The van der Waals surface area contributed by atoms with Crippen LogP contribution in [0.3, 0.4) is 0 Å². The second-order valence-corrected chi connectivity index (χ2v) is 8.48. The molecule has 4 rings (SSSR count). The van der Waals surface area contributed by atoms with Crippen molar-refractivity contribution in [2.75, 3.05) is 6.61 Å². The zero-order valence-electron chi connectivity index (χ0n) is 15.9. The highest BCUT2D eigenvalue weighted by Crippen LogP contribution is 2.29. The van der Waals surface area contributed by atoms with E-state index in [4.69, 9.17) is 4.74 Å². The summed E-state index contributed by atoms with van der Waals surface area (Å²) in [7, 11) is 0. The molecule has 0 radical (unpaired) electrons. The highest BCUT2D eigenvalue weighted by atomic mass is 79.9. The van der Waals surface area contributed by atoms with Crippen LogP contribution in [0.4, 0.5) is 4.39 Å². The standard InChI is InChI=1S/C22H22BrFN2O3/c23-16-5-10-20(19(24)11-16)29-13-21(27)26(18-8-9-18)12-14-1-3-15(4-2-14)22(28)25-17-6-7-17/h1-5,10-11,17-18H,6-9,12-13H2,(H,25,28). The van der Waals surface area contributed by atoms with E-state index in [2.05, 4.69) is 21.2 Å². The smallest absolute Gasteiger partial charge is 0.261 e. The van der Waals surface area contributed by atoms with E-state index in [1.165, 1.54) is 12.1 Å². The third kappa shape index (κ3) is 5.35. The number of ether oxygens (including phenoxy) is 1. The third-order valence-electron chi connectivity index (χ3n) is 5.03. The molecule has 0 spiro atoms. The zero-order valence-corrected chi connectivity index (χ0v) is 17.5. The molecular weight excluding hydrogens is 439 g/mol. The van der Waals surface area contributed by atoms with E-state index in [-0.39, 0.29) is 30.2 Å². The monoisotopic (exact) mass is 460 g/mol. The Hall–Kier alpha value is -2.41. The Kier molecular flexibility index (Phi) is 5.85. The van der Waals surface area contributed by atoms with Crippen LogP contribution in [0.1, 0.15) is 41.6 Å². The molecule has 2 fully saturated rings. The molecule has 0 atom stereocenters. The summed E-state index contributed by atoms with van der Waals surface area (Å²) in [5.41, 5.74) is 1.57. The highest BCUT2D eigenvalue weighted by Gasteiger charge is 2.33. The third-order valence-corrected chi connectivity index (χ3v) is 5.53. The number of hydrogen-bond donors (Lipinski definition) is 1. The van der Waals surface area contributed by atoms with Crippen molar-refractivity contribution in [3.05, 3.63) is 63.9 Å². The normalized spacial score (nSPS) is 15.7. The minimum absolute atomic E-state index is 0.0564. The predicted molar refractivity (Wildman–Crippen MR) is 110 cm³/mol. The fourth-order valence-electron chi connectivity index (χ4n) is 3.08. The minimum atomic E-state index is -0.509. The van der Waals surface area contributed by atoms with Gasteiger partial charge >= 0.3 is 0 Å². The lowest BCUT2D eigenvalue weighted by molar-refractivity contribution is -0.134. The molecular formula is C22H22BrFN2O3. The second kappa shape index (κ2) is 8.53. The molecule has 5 nitrogen and oxygen atoms in total. The average Bonchev–Trinajstić information content (AvgIpc) is 3.60. The fraction of sp³-hybridized carbons (Fsp3) is 0.364. The number of rotatable bonds is 8. The topological polar surface area (TPSA) is 58.6 Å². The maximum absolute atomic E-state index is 13.9. The van der Waals surface area contributed by atoms with Gasteiger partial charge in [0, 0.05) is 28.7 Å². The SMILES string of the molecule is O=C(NC1CC1)c1ccc(CN(C(=O)COc2ccc(Br)cc2F)C2CC2)cc1. The number of nitrogens with one attached hydrogen (secondary N) is 1. The van der Waals surface area contributed by atoms with Crippen LogP contribution in [0.25, 0.3) is 0 Å². The quantitative estimate of drug-likeness (QED) is 0.646. The number of benzene rings is 2. The average molecular weight is 461 g/mol. The van der Waals surface area contributed by atoms with Crippen LogP contribution in [0.5, 0.6) is 5.75 Å². The molecule has 2 aromatic rings. The molecule has 1 N–H and O–H groups in total. The van der Waals surface area contributed by atoms with Crippen LogP contribution >= 0.6 is 15.9 Å². The summed E-state index contributed by atoms with van der Waals surface area (Å²) >= 11 is 3.20. The maximum atomic E-state index is 13.9. The molecule has 7 heteroatoms. The lowest BCUT2D eigenvalue weighted by Gasteiger charge is -2.23. The van der Waals surface area contributed by atoms with Crippen molar-refractivity contribution >= 4 is 27.7 Å². The number of nitrogens with zero attached hydrogens (tertiary/aromatic N) is 1. The molecule has 0 unspecified atom stereocenters. The minimum Gasteiger partial charge on any atom is -0.481 e. The molecule has 2 aliphatic rings. The molecule has 0 heterocycles. The van der Waals surface area contributed by atoms with Crippen LogP contribution in [-0.4, -0.2) is 35.4 Å². The number of halogens is 2. The lowest BCUT2D eigenvalue weighted by Crippen LogP contribution is -2.36. The summed E-state index contributed by atoms with van der Waals surface area (Å²) in [6, 6.07) is 12.3. The van der Waals surface area contributed by atoms with E-state index >= 15 is 0 Å². The van der Waals surface area contributed by atoms with Crippen molar-refractivity contribution in [2.45, 2.75) is 44.3 Å². The van der Waals surface area contributed by atoms with Crippen molar-refractivity contribution in [2.24, 2.45) is 0 Å². The van der Waals surface area contributed by atoms with Gasteiger partial charge in [-0.3, -0.25) is 9.59 Å². The molecule has 0 bridgehead atoms. The van der Waals surface area contributed by atoms with Gasteiger partial charge in [-0.15, -0.1) is 0 Å². The van der Waals surface area contributed by atoms with Crippen molar-refractivity contribution in [1.29, 1.82) is 0 Å². The van der Waals surface area contributed by atoms with Crippen LogP contribution in [0.15, 0.2) is 46.9 Å². The van der Waals surface area contributed by atoms with E-state index in [9.17, 15) is 14.0 Å². The van der Waals surface area contributed by atoms with Gasteiger partial charge in [-0.2, -0.15) is 0 Å². The highest BCUT2D eigenvalue weighted by molar-refractivity contribution is 9.10. The van der Waals surface area contributed by atoms with Crippen molar-refractivity contribution in [1.82, 2.24) is 10.2 Å². The van der Waals surface area contributed by atoms with Crippen LogP contribution in [-0.2, 0) is 11.3 Å².